The highest BCUT2D eigenvalue weighted by molar-refractivity contribution is 9.09. The number of amides is 1. The van der Waals surface area contributed by atoms with E-state index in [-0.39, 0.29) is 16.9 Å². The van der Waals surface area contributed by atoms with Crippen molar-refractivity contribution in [3.05, 3.63) is 35.4 Å². The quantitative estimate of drug-likeness (QED) is 0.764. The van der Waals surface area contributed by atoms with Gasteiger partial charge in [-0.15, -0.1) is 0 Å². The molecule has 0 aromatic heterocycles. The van der Waals surface area contributed by atoms with Crippen LogP contribution in [0.4, 0.5) is 0 Å². The first-order valence-electron chi connectivity index (χ1n) is 6.27. The molecule has 1 amide bonds. The molecule has 0 spiro atoms. The molecule has 0 unspecified atom stereocenters. The Balaban J connectivity index is 3.08. The highest BCUT2D eigenvalue weighted by Gasteiger charge is 2.27. The van der Waals surface area contributed by atoms with Gasteiger partial charge in [-0.1, -0.05) is 70.8 Å². The molecular formula is C15H21Br2NO. The summed E-state index contributed by atoms with van der Waals surface area (Å²) in [7, 11) is 0. The molecule has 0 aliphatic rings. The second kappa shape index (κ2) is 6.40. The number of halogens is 2. The summed E-state index contributed by atoms with van der Waals surface area (Å²) in [6.07, 6.45) is 0. The van der Waals surface area contributed by atoms with E-state index in [1.165, 1.54) is 0 Å². The van der Waals surface area contributed by atoms with Crippen molar-refractivity contribution in [2.45, 2.75) is 38.6 Å². The SMILES string of the molecule is CC(CBr)(CBr)NC(=O)c1ccccc1C(C)(C)C. The van der Waals surface area contributed by atoms with Crippen LogP contribution in [0, 0.1) is 0 Å². The highest BCUT2D eigenvalue weighted by Crippen LogP contribution is 2.26. The summed E-state index contributed by atoms with van der Waals surface area (Å²) < 4.78 is 0. The highest BCUT2D eigenvalue weighted by atomic mass is 79.9. The van der Waals surface area contributed by atoms with Gasteiger partial charge in [0.15, 0.2) is 0 Å². The molecule has 1 rings (SSSR count). The molecule has 4 heteroatoms. The summed E-state index contributed by atoms with van der Waals surface area (Å²) in [5, 5.41) is 4.49. The Hall–Kier alpha value is -0.350. The molecule has 0 aliphatic carbocycles. The minimum absolute atomic E-state index is 0.0214. The largest absolute Gasteiger partial charge is 0.345 e. The van der Waals surface area contributed by atoms with Gasteiger partial charge in [0.2, 0.25) is 0 Å². The fourth-order valence-corrected chi connectivity index (χ4v) is 2.99. The third-order valence-corrected chi connectivity index (χ3v) is 5.46. The van der Waals surface area contributed by atoms with Crippen LogP contribution in [0.25, 0.3) is 0 Å². The van der Waals surface area contributed by atoms with Gasteiger partial charge < -0.3 is 5.32 Å². The fourth-order valence-electron chi connectivity index (χ4n) is 1.78. The maximum absolute atomic E-state index is 12.5. The number of benzene rings is 1. The number of carbonyl (C=O) groups excluding carboxylic acids is 1. The summed E-state index contributed by atoms with van der Waals surface area (Å²) in [5.41, 5.74) is 1.48. The van der Waals surface area contributed by atoms with E-state index in [0.717, 1.165) is 11.1 Å². The zero-order valence-corrected chi connectivity index (χ0v) is 15.1. The van der Waals surface area contributed by atoms with Gasteiger partial charge in [-0.25, -0.2) is 0 Å². The zero-order chi connectivity index (χ0) is 14.7. The lowest BCUT2D eigenvalue weighted by atomic mass is 9.83. The Kier molecular flexibility index (Phi) is 5.63. The van der Waals surface area contributed by atoms with Crippen molar-refractivity contribution < 1.29 is 4.79 Å². The van der Waals surface area contributed by atoms with Crippen molar-refractivity contribution in [1.82, 2.24) is 5.32 Å². The summed E-state index contributed by atoms with van der Waals surface area (Å²) in [5.74, 6) is -0.0214. The smallest absolute Gasteiger partial charge is 0.252 e. The molecular weight excluding hydrogens is 370 g/mol. The predicted octanol–water partition coefficient (Wildman–Crippen LogP) is 4.26. The molecule has 0 fully saturated rings. The molecule has 1 aromatic carbocycles. The van der Waals surface area contributed by atoms with Gasteiger partial charge in [0, 0.05) is 16.2 Å². The van der Waals surface area contributed by atoms with Gasteiger partial charge in [0.05, 0.1) is 5.54 Å². The number of nitrogens with one attached hydrogen (secondary N) is 1. The van der Waals surface area contributed by atoms with Crippen molar-refractivity contribution in [2.24, 2.45) is 0 Å². The van der Waals surface area contributed by atoms with Gasteiger partial charge in [-0.2, -0.15) is 0 Å². The minimum Gasteiger partial charge on any atom is -0.345 e. The van der Waals surface area contributed by atoms with Gasteiger partial charge in [-0.05, 0) is 24.0 Å². The summed E-state index contributed by atoms with van der Waals surface area (Å²) in [4.78, 5) is 12.5. The number of hydrogen-bond donors (Lipinski definition) is 1. The summed E-state index contributed by atoms with van der Waals surface area (Å²) in [6, 6.07) is 7.79. The Morgan fingerprint density at radius 1 is 1.11 bits per heavy atom. The third-order valence-electron chi connectivity index (χ3n) is 2.98. The predicted molar refractivity (Wildman–Crippen MR) is 88.6 cm³/mol. The molecule has 0 bridgehead atoms. The van der Waals surface area contributed by atoms with Gasteiger partial charge in [-0.3, -0.25) is 4.79 Å². The van der Waals surface area contributed by atoms with Crippen LogP contribution < -0.4 is 5.32 Å². The molecule has 0 aliphatic heterocycles. The van der Waals surface area contributed by atoms with Crippen molar-refractivity contribution in [2.75, 3.05) is 10.7 Å². The average molecular weight is 391 g/mol. The fraction of sp³-hybridized carbons (Fsp3) is 0.533. The van der Waals surface area contributed by atoms with Crippen LogP contribution in [0.1, 0.15) is 43.6 Å². The van der Waals surface area contributed by atoms with Gasteiger partial charge in [0.1, 0.15) is 0 Å². The monoisotopic (exact) mass is 389 g/mol. The Morgan fingerprint density at radius 3 is 2.11 bits per heavy atom. The molecule has 0 saturated heterocycles. The molecule has 19 heavy (non-hydrogen) atoms. The third kappa shape index (κ3) is 4.32. The van der Waals surface area contributed by atoms with Crippen LogP contribution in [0.3, 0.4) is 0 Å². The van der Waals surface area contributed by atoms with E-state index in [9.17, 15) is 4.79 Å². The van der Waals surface area contributed by atoms with Crippen molar-refractivity contribution >= 4 is 37.8 Å². The Labute approximate surface area is 132 Å². The molecule has 0 radical (unpaired) electrons. The van der Waals surface area contributed by atoms with Gasteiger partial charge >= 0.3 is 0 Å². The van der Waals surface area contributed by atoms with Gasteiger partial charge in [0.25, 0.3) is 5.91 Å². The van der Waals surface area contributed by atoms with Crippen molar-refractivity contribution in [3.8, 4) is 0 Å². The molecule has 1 aromatic rings. The van der Waals surface area contributed by atoms with E-state index in [4.69, 9.17) is 0 Å². The van der Waals surface area contributed by atoms with E-state index in [1.54, 1.807) is 0 Å². The number of alkyl halides is 2. The second-order valence-corrected chi connectivity index (χ2v) is 7.20. The first-order valence-corrected chi connectivity index (χ1v) is 8.52. The molecule has 1 N–H and O–H groups in total. The number of rotatable bonds is 4. The van der Waals surface area contributed by atoms with E-state index in [0.29, 0.717) is 10.7 Å². The second-order valence-electron chi connectivity index (χ2n) is 6.08. The number of hydrogen-bond acceptors (Lipinski definition) is 1. The first kappa shape index (κ1) is 16.7. The van der Waals surface area contributed by atoms with Crippen LogP contribution in [-0.2, 0) is 5.41 Å². The van der Waals surface area contributed by atoms with Crippen LogP contribution in [-0.4, -0.2) is 22.1 Å². The van der Waals surface area contributed by atoms with Crippen molar-refractivity contribution in [3.63, 3.8) is 0 Å². The van der Waals surface area contributed by atoms with E-state index in [2.05, 4.69) is 57.9 Å². The van der Waals surface area contributed by atoms with E-state index < -0.39 is 0 Å². The molecule has 0 saturated carbocycles. The minimum atomic E-state index is -0.290. The molecule has 0 heterocycles. The first-order chi connectivity index (χ1) is 8.73. The summed E-state index contributed by atoms with van der Waals surface area (Å²) >= 11 is 6.89. The standard InChI is InChI=1S/C15H21Br2NO/c1-14(2,3)12-8-6-5-7-11(12)13(19)18-15(4,9-16)10-17/h5-8H,9-10H2,1-4H3,(H,18,19). The lowest BCUT2D eigenvalue weighted by Gasteiger charge is -2.28. The zero-order valence-electron chi connectivity index (χ0n) is 11.9. The van der Waals surface area contributed by atoms with Crippen molar-refractivity contribution in [1.29, 1.82) is 0 Å². The lowest BCUT2D eigenvalue weighted by molar-refractivity contribution is 0.0920. The molecule has 106 valence electrons. The lowest BCUT2D eigenvalue weighted by Crippen LogP contribution is -2.49. The van der Waals surface area contributed by atoms with Crippen LogP contribution in [0.5, 0.6) is 0 Å². The topological polar surface area (TPSA) is 29.1 Å². The average Bonchev–Trinajstić information content (AvgIpc) is 2.37. The maximum Gasteiger partial charge on any atom is 0.252 e. The number of carbonyl (C=O) groups is 1. The Bertz CT molecular complexity index is 448. The Morgan fingerprint density at radius 2 is 1.63 bits per heavy atom. The van der Waals surface area contributed by atoms with Crippen LogP contribution in [0.2, 0.25) is 0 Å². The van der Waals surface area contributed by atoms with Crippen LogP contribution in [0.15, 0.2) is 24.3 Å². The normalized spacial score (nSPS) is 12.3. The summed E-state index contributed by atoms with van der Waals surface area (Å²) in [6.45, 7) is 8.36. The maximum atomic E-state index is 12.5. The van der Waals surface area contributed by atoms with E-state index >= 15 is 0 Å². The molecule has 0 atom stereocenters. The van der Waals surface area contributed by atoms with Crippen LogP contribution >= 0.6 is 31.9 Å². The molecule has 2 nitrogen and oxygen atoms in total. The van der Waals surface area contributed by atoms with E-state index in [1.807, 2.05) is 31.2 Å².